The number of nitrogens with one attached hydrogen (secondary N) is 1. The van der Waals surface area contributed by atoms with Crippen LogP contribution in [0.3, 0.4) is 0 Å². The molecule has 0 amide bonds. The van der Waals surface area contributed by atoms with Gasteiger partial charge in [-0.2, -0.15) is 4.37 Å². The summed E-state index contributed by atoms with van der Waals surface area (Å²) in [6.45, 7) is 7.09. The van der Waals surface area contributed by atoms with E-state index in [-0.39, 0.29) is 0 Å². The van der Waals surface area contributed by atoms with Gasteiger partial charge < -0.3 is 5.32 Å². The van der Waals surface area contributed by atoms with Crippen molar-refractivity contribution in [2.24, 2.45) is 0 Å². The lowest BCUT2D eigenvalue weighted by Crippen LogP contribution is -2.07. The van der Waals surface area contributed by atoms with E-state index >= 15 is 0 Å². The zero-order valence-corrected chi connectivity index (χ0v) is 12.9. The van der Waals surface area contributed by atoms with Crippen molar-refractivity contribution in [3.63, 3.8) is 0 Å². The average Bonchev–Trinajstić information content (AvgIpc) is 2.88. The first-order valence-electron chi connectivity index (χ1n) is 6.30. The summed E-state index contributed by atoms with van der Waals surface area (Å²) in [6.07, 6.45) is 3.50. The van der Waals surface area contributed by atoms with E-state index < -0.39 is 0 Å². The smallest absolute Gasteiger partial charge is 0.176 e. The third kappa shape index (κ3) is 3.63. The first-order chi connectivity index (χ1) is 9.24. The molecule has 0 saturated heterocycles. The van der Waals surface area contributed by atoms with Gasteiger partial charge in [0.2, 0.25) is 0 Å². The summed E-state index contributed by atoms with van der Waals surface area (Å²) in [6, 6.07) is 0. The molecular weight excluding hydrogens is 278 g/mol. The molecule has 0 aromatic carbocycles. The van der Waals surface area contributed by atoms with Crippen molar-refractivity contribution in [2.75, 3.05) is 11.9 Å². The predicted octanol–water partition coefficient (Wildman–Crippen LogP) is 3.17. The second kappa shape index (κ2) is 6.81. The second-order valence-electron chi connectivity index (χ2n) is 4.01. The molecule has 2 heterocycles. The van der Waals surface area contributed by atoms with Crippen molar-refractivity contribution in [2.45, 2.75) is 43.0 Å². The Labute approximate surface area is 121 Å². The molecule has 19 heavy (non-hydrogen) atoms. The normalized spacial score (nSPS) is 10.7. The molecule has 0 spiro atoms. The largest absolute Gasteiger partial charge is 0.370 e. The summed E-state index contributed by atoms with van der Waals surface area (Å²) >= 11 is 2.94. The van der Waals surface area contributed by atoms with Gasteiger partial charge in [-0.05, 0) is 43.6 Å². The maximum Gasteiger partial charge on any atom is 0.176 e. The van der Waals surface area contributed by atoms with Gasteiger partial charge in [0.05, 0.1) is 0 Å². The van der Waals surface area contributed by atoms with Crippen LogP contribution < -0.4 is 5.32 Å². The van der Waals surface area contributed by atoms with E-state index in [1.165, 1.54) is 11.5 Å². The molecular formula is C12H17N5S2. The Morgan fingerprint density at radius 1 is 1.32 bits per heavy atom. The Balaban J connectivity index is 2.33. The van der Waals surface area contributed by atoms with Gasteiger partial charge in [-0.1, -0.05) is 6.92 Å². The van der Waals surface area contributed by atoms with Crippen LogP contribution in [0.25, 0.3) is 0 Å². The van der Waals surface area contributed by atoms with E-state index in [1.54, 1.807) is 18.1 Å². The number of hydrogen-bond donors (Lipinski definition) is 1. The number of anilines is 1. The zero-order chi connectivity index (χ0) is 13.7. The Kier molecular flexibility index (Phi) is 5.09. The summed E-state index contributed by atoms with van der Waals surface area (Å²) < 4.78 is 4.93. The highest BCUT2D eigenvalue weighted by molar-refractivity contribution is 8.00. The molecule has 0 radical (unpaired) electrons. The number of nitrogens with zero attached hydrogens (tertiary/aromatic N) is 4. The molecule has 7 heteroatoms. The second-order valence-corrected chi connectivity index (χ2v) is 6.02. The van der Waals surface area contributed by atoms with Gasteiger partial charge in [-0.15, -0.1) is 0 Å². The van der Waals surface area contributed by atoms with Crippen molar-refractivity contribution in [3.8, 4) is 0 Å². The van der Waals surface area contributed by atoms with Crippen LogP contribution >= 0.6 is 23.3 Å². The molecule has 2 rings (SSSR count). The highest BCUT2D eigenvalue weighted by atomic mass is 32.2. The summed E-state index contributed by atoms with van der Waals surface area (Å²) in [5.41, 5.74) is 1.07. The van der Waals surface area contributed by atoms with Crippen LogP contribution in [0.2, 0.25) is 0 Å². The SMILES string of the molecule is CCCc1nc(NCC)c(C)c(Sc2ncns2)n1. The first-order valence-corrected chi connectivity index (χ1v) is 7.89. The number of rotatable bonds is 6. The summed E-state index contributed by atoms with van der Waals surface area (Å²) in [5, 5.41) is 4.26. The molecule has 0 bridgehead atoms. The van der Waals surface area contributed by atoms with Gasteiger partial charge in [0.1, 0.15) is 23.0 Å². The van der Waals surface area contributed by atoms with Crippen molar-refractivity contribution in [1.29, 1.82) is 0 Å². The first kappa shape index (κ1) is 14.2. The van der Waals surface area contributed by atoms with E-state index in [1.807, 2.05) is 6.92 Å². The average molecular weight is 295 g/mol. The Morgan fingerprint density at radius 2 is 2.16 bits per heavy atom. The summed E-state index contributed by atoms with van der Waals surface area (Å²) in [4.78, 5) is 13.4. The molecule has 5 nitrogen and oxygen atoms in total. The van der Waals surface area contributed by atoms with Crippen LogP contribution in [0.5, 0.6) is 0 Å². The van der Waals surface area contributed by atoms with Crippen LogP contribution in [0, 0.1) is 6.92 Å². The van der Waals surface area contributed by atoms with Gasteiger partial charge in [0.15, 0.2) is 4.34 Å². The molecule has 2 aromatic rings. The van der Waals surface area contributed by atoms with E-state index in [0.717, 1.165) is 46.0 Å². The van der Waals surface area contributed by atoms with E-state index in [0.29, 0.717) is 0 Å². The summed E-state index contributed by atoms with van der Waals surface area (Å²) in [7, 11) is 0. The Morgan fingerprint density at radius 3 is 2.79 bits per heavy atom. The molecule has 0 unspecified atom stereocenters. The van der Waals surface area contributed by atoms with E-state index in [9.17, 15) is 0 Å². The molecule has 0 saturated carbocycles. The predicted molar refractivity (Wildman–Crippen MR) is 79.0 cm³/mol. The molecule has 0 aliphatic heterocycles. The number of aromatic nitrogens is 4. The van der Waals surface area contributed by atoms with E-state index in [2.05, 4.69) is 38.5 Å². The maximum absolute atomic E-state index is 4.63. The maximum atomic E-state index is 4.63. The lowest BCUT2D eigenvalue weighted by molar-refractivity contribution is 0.802. The molecule has 102 valence electrons. The molecule has 0 atom stereocenters. The fraction of sp³-hybridized carbons (Fsp3) is 0.500. The van der Waals surface area contributed by atoms with Gasteiger partial charge in [-0.3, -0.25) is 0 Å². The van der Waals surface area contributed by atoms with Crippen molar-refractivity contribution in [1.82, 2.24) is 19.3 Å². The topological polar surface area (TPSA) is 63.6 Å². The van der Waals surface area contributed by atoms with Gasteiger partial charge in [0.25, 0.3) is 0 Å². The minimum atomic E-state index is 0.854. The quantitative estimate of drug-likeness (QED) is 0.826. The minimum absolute atomic E-state index is 0.854. The van der Waals surface area contributed by atoms with Crippen LogP contribution in [0.15, 0.2) is 15.7 Å². The minimum Gasteiger partial charge on any atom is -0.370 e. The van der Waals surface area contributed by atoms with E-state index in [4.69, 9.17) is 0 Å². The van der Waals surface area contributed by atoms with Crippen molar-refractivity contribution >= 4 is 29.1 Å². The highest BCUT2D eigenvalue weighted by Crippen LogP contribution is 2.31. The molecule has 2 aromatic heterocycles. The monoisotopic (exact) mass is 295 g/mol. The summed E-state index contributed by atoms with van der Waals surface area (Å²) in [5.74, 6) is 1.81. The number of aryl methyl sites for hydroxylation is 1. The van der Waals surface area contributed by atoms with Gasteiger partial charge in [-0.25, -0.2) is 15.0 Å². The molecule has 1 N–H and O–H groups in total. The van der Waals surface area contributed by atoms with Crippen molar-refractivity contribution in [3.05, 3.63) is 17.7 Å². The molecule has 0 aliphatic rings. The number of hydrogen-bond acceptors (Lipinski definition) is 7. The van der Waals surface area contributed by atoms with Crippen LogP contribution in [0.1, 0.15) is 31.7 Å². The van der Waals surface area contributed by atoms with Gasteiger partial charge in [0, 0.05) is 18.5 Å². The Bertz CT molecular complexity index is 527. The van der Waals surface area contributed by atoms with Gasteiger partial charge >= 0.3 is 0 Å². The fourth-order valence-corrected chi connectivity index (χ4v) is 3.06. The lowest BCUT2D eigenvalue weighted by atomic mass is 10.3. The van der Waals surface area contributed by atoms with Crippen molar-refractivity contribution < 1.29 is 0 Å². The Hall–Kier alpha value is -1.21. The fourth-order valence-electron chi connectivity index (χ4n) is 1.61. The van der Waals surface area contributed by atoms with Crippen LogP contribution in [-0.4, -0.2) is 25.9 Å². The standard InChI is InChI=1S/C12H17N5S2/c1-4-6-9-16-10(13-5-2)8(3)11(17-9)18-12-14-7-15-19-12/h7H,4-6H2,1-3H3,(H,13,16,17). The molecule has 0 aliphatic carbocycles. The third-order valence-electron chi connectivity index (χ3n) is 2.49. The lowest BCUT2D eigenvalue weighted by Gasteiger charge is -2.11. The highest BCUT2D eigenvalue weighted by Gasteiger charge is 2.12. The zero-order valence-electron chi connectivity index (χ0n) is 11.3. The van der Waals surface area contributed by atoms with Crippen LogP contribution in [-0.2, 0) is 6.42 Å². The molecule has 0 fully saturated rings. The third-order valence-corrected chi connectivity index (χ3v) is 4.30. The van der Waals surface area contributed by atoms with Crippen LogP contribution in [0.4, 0.5) is 5.82 Å².